The number of carbonyl (C=O) groups excluding carboxylic acids is 2. The summed E-state index contributed by atoms with van der Waals surface area (Å²) < 4.78 is 0. The van der Waals surface area contributed by atoms with Crippen LogP contribution >= 0.6 is 12.4 Å². The van der Waals surface area contributed by atoms with Gasteiger partial charge in [0.2, 0.25) is 5.91 Å². The number of nitrogens with two attached hydrogens (primary N) is 1. The highest BCUT2D eigenvalue weighted by Crippen LogP contribution is 2.08. The van der Waals surface area contributed by atoms with E-state index in [1.54, 1.807) is 24.3 Å². The van der Waals surface area contributed by atoms with E-state index >= 15 is 0 Å². The third-order valence-corrected chi connectivity index (χ3v) is 2.74. The Kier molecular flexibility index (Phi) is 4.97. The van der Waals surface area contributed by atoms with Gasteiger partial charge >= 0.3 is 0 Å². The van der Waals surface area contributed by atoms with Crippen molar-refractivity contribution in [1.29, 1.82) is 0 Å². The Balaban J connectivity index is 0.00000162. The fraction of sp³-hybridized carbons (Fsp3) is 0.333. The second-order valence-corrected chi connectivity index (χ2v) is 4.08. The minimum atomic E-state index is -0.433. The molecule has 1 fully saturated rings. The molecule has 2 amide bonds. The third kappa shape index (κ3) is 3.37. The average Bonchev–Trinajstić information content (AvgIpc) is 2.32. The van der Waals surface area contributed by atoms with Gasteiger partial charge in [0.15, 0.2) is 0 Å². The third-order valence-electron chi connectivity index (χ3n) is 2.74. The van der Waals surface area contributed by atoms with Crippen molar-refractivity contribution < 1.29 is 9.59 Å². The summed E-state index contributed by atoms with van der Waals surface area (Å²) in [6, 6.07) is 6.26. The molecule has 98 valence electrons. The highest BCUT2D eigenvalue weighted by atomic mass is 35.5. The Hall–Kier alpha value is -1.75. The van der Waals surface area contributed by atoms with E-state index < -0.39 is 6.04 Å². The van der Waals surface area contributed by atoms with Crippen LogP contribution in [0.25, 0.3) is 0 Å². The standard InChI is InChI=1S/C12H15N3O2.ClH/c13-9-4-1-3-8(7-9)11(16)15-10-5-2-6-14-12(10)17;/h1,3-4,7,10H,2,5-6,13H2,(H,14,17)(H,15,16);1H. The number of rotatable bonds is 2. The van der Waals surface area contributed by atoms with E-state index in [-0.39, 0.29) is 24.2 Å². The second kappa shape index (κ2) is 6.26. The molecule has 0 aliphatic carbocycles. The fourth-order valence-corrected chi connectivity index (χ4v) is 1.83. The summed E-state index contributed by atoms with van der Waals surface area (Å²) in [7, 11) is 0. The van der Waals surface area contributed by atoms with Gasteiger partial charge in [0.05, 0.1) is 0 Å². The SMILES string of the molecule is Cl.Nc1cccc(C(=O)NC2CCCNC2=O)c1. The average molecular weight is 270 g/mol. The summed E-state index contributed by atoms with van der Waals surface area (Å²) in [5, 5.41) is 5.43. The highest BCUT2D eigenvalue weighted by molar-refractivity contribution is 5.98. The Morgan fingerprint density at radius 2 is 2.22 bits per heavy atom. The van der Waals surface area contributed by atoms with Gasteiger partial charge in [-0.1, -0.05) is 6.07 Å². The molecule has 0 bridgehead atoms. The lowest BCUT2D eigenvalue weighted by molar-refractivity contribution is -0.124. The molecule has 1 aromatic carbocycles. The molecule has 1 aromatic rings. The number of benzene rings is 1. The quantitative estimate of drug-likeness (QED) is 0.691. The van der Waals surface area contributed by atoms with Gasteiger partial charge in [-0.2, -0.15) is 0 Å². The van der Waals surface area contributed by atoms with Crippen LogP contribution < -0.4 is 16.4 Å². The first kappa shape index (κ1) is 14.3. The van der Waals surface area contributed by atoms with E-state index in [2.05, 4.69) is 10.6 Å². The molecule has 6 heteroatoms. The van der Waals surface area contributed by atoms with E-state index in [0.29, 0.717) is 24.2 Å². The smallest absolute Gasteiger partial charge is 0.252 e. The number of hydrogen-bond donors (Lipinski definition) is 3. The zero-order valence-electron chi connectivity index (χ0n) is 9.81. The first-order valence-electron chi connectivity index (χ1n) is 5.61. The van der Waals surface area contributed by atoms with Crippen molar-refractivity contribution in [2.45, 2.75) is 18.9 Å². The Bertz CT molecular complexity index is 451. The molecule has 1 aliphatic rings. The predicted octanol–water partition coefficient (Wildman–Crippen LogP) is 0.699. The zero-order chi connectivity index (χ0) is 12.3. The lowest BCUT2D eigenvalue weighted by atomic mass is 10.1. The minimum absolute atomic E-state index is 0. The summed E-state index contributed by atoms with van der Waals surface area (Å²) in [6.07, 6.45) is 1.56. The fourth-order valence-electron chi connectivity index (χ4n) is 1.83. The first-order valence-corrected chi connectivity index (χ1v) is 5.61. The summed E-state index contributed by atoms with van der Waals surface area (Å²) in [6.45, 7) is 0.684. The highest BCUT2D eigenvalue weighted by Gasteiger charge is 2.23. The zero-order valence-corrected chi connectivity index (χ0v) is 10.6. The molecule has 0 aromatic heterocycles. The number of hydrogen-bond acceptors (Lipinski definition) is 3. The molecular formula is C12H16ClN3O2. The number of amides is 2. The molecule has 2 rings (SSSR count). The number of halogens is 1. The number of anilines is 1. The molecule has 0 saturated carbocycles. The van der Waals surface area contributed by atoms with E-state index in [9.17, 15) is 9.59 Å². The molecular weight excluding hydrogens is 254 g/mol. The van der Waals surface area contributed by atoms with Gasteiger partial charge in [-0.25, -0.2) is 0 Å². The van der Waals surface area contributed by atoms with Crippen molar-refractivity contribution >= 4 is 29.9 Å². The Labute approximate surface area is 112 Å². The van der Waals surface area contributed by atoms with Crippen LogP contribution in [0, 0.1) is 0 Å². The molecule has 0 radical (unpaired) electrons. The van der Waals surface area contributed by atoms with Crippen LogP contribution in [0.2, 0.25) is 0 Å². The van der Waals surface area contributed by atoms with Crippen LogP contribution in [0.1, 0.15) is 23.2 Å². The monoisotopic (exact) mass is 269 g/mol. The molecule has 18 heavy (non-hydrogen) atoms. The van der Waals surface area contributed by atoms with Gasteiger partial charge in [0.1, 0.15) is 6.04 Å². The molecule has 0 spiro atoms. The van der Waals surface area contributed by atoms with Gasteiger partial charge in [0, 0.05) is 17.8 Å². The van der Waals surface area contributed by atoms with Gasteiger partial charge < -0.3 is 16.4 Å². The number of carbonyl (C=O) groups is 2. The Morgan fingerprint density at radius 3 is 2.89 bits per heavy atom. The normalized spacial score (nSPS) is 18.4. The maximum atomic E-state index is 11.9. The molecule has 1 aliphatic heterocycles. The van der Waals surface area contributed by atoms with Crippen LogP contribution in [0.5, 0.6) is 0 Å². The molecule has 4 N–H and O–H groups in total. The van der Waals surface area contributed by atoms with Gasteiger partial charge in [0.25, 0.3) is 5.91 Å². The van der Waals surface area contributed by atoms with Crippen LogP contribution in [0.4, 0.5) is 5.69 Å². The Morgan fingerprint density at radius 1 is 1.44 bits per heavy atom. The van der Waals surface area contributed by atoms with Crippen molar-refractivity contribution in [3.8, 4) is 0 Å². The van der Waals surface area contributed by atoms with Gasteiger partial charge in [-0.05, 0) is 31.0 Å². The van der Waals surface area contributed by atoms with Crippen molar-refractivity contribution in [2.75, 3.05) is 12.3 Å². The molecule has 1 saturated heterocycles. The van der Waals surface area contributed by atoms with Crippen LogP contribution in [-0.2, 0) is 4.79 Å². The van der Waals surface area contributed by atoms with Crippen LogP contribution in [0.15, 0.2) is 24.3 Å². The molecule has 5 nitrogen and oxygen atoms in total. The van der Waals surface area contributed by atoms with Crippen LogP contribution in [0.3, 0.4) is 0 Å². The largest absolute Gasteiger partial charge is 0.399 e. The van der Waals surface area contributed by atoms with E-state index in [4.69, 9.17) is 5.73 Å². The van der Waals surface area contributed by atoms with E-state index in [1.807, 2.05) is 0 Å². The number of nitrogens with one attached hydrogen (secondary N) is 2. The van der Waals surface area contributed by atoms with Crippen LogP contribution in [-0.4, -0.2) is 24.4 Å². The summed E-state index contributed by atoms with van der Waals surface area (Å²) in [5.74, 6) is -0.382. The van der Waals surface area contributed by atoms with E-state index in [0.717, 1.165) is 6.42 Å². The predicted molar refractivity (Wildman–Crippen MR) is 71.6 cm³/mol. The summed E-state index contributed by atoms with van der Waals surface area (Å²) in [5.41, 5.74) is 6.61. The number of nitrogen functional groups attached to an aromatic ring is 1. The first-order chi connectivity index (χ1) is 8.16. The van der Waals surface area contributed by atoms with Crippen molar-refractivity contribution in [2.24, 2.45) is 0 Å². The summed E-state index contributed by atoms with van der Waals surface area (Å²) >= 11 is 0. The molecule has 1 atom stereocenters. The van der Waals surface area contributed by atoms with Gasteiger partial charge in [-0.15, -0.1) is 12.4 Å². The molecule has 1 unspecified atom stereocenters. The topological polar surface area (TPSA) is 84.2 Å². The lowest BCUT2D eigenvalue weighted by Gasteiger charge is -2.22. The maximum Gasteiger partial charge on any atom is 0.252 e. The minimum Gasteiger partial charge on any atom is -0.399 e. The van der Waals surface area contributed by atoms with Crippen molar-refractivity contribution in [3.63, 3.8) is 0 Å². The van der Waals surface area contributed by atoms with Gasteiger partial charge in [-0.3, -0.25) is 9.59 Å². The molecule has 1 heterocycles. The second-order valence-electron chi connectivity index (χ2n) is 4.08. The number of piperidine rings is 1. The van der Waals surface area contributed by atoms with E-state index in [1.165, 1.54) is 0 Å². The van der Waals surface area contributed by atoms with Crippen molar-refractivity contribution in [1.82, 2.24) is 10.6 Å². The van der Waals surface area contributed by atoms with Crippen molar-refractivity contribution in [3.05, 3.63) is 29.8 Å². The lowest BCUT2D eigenvalue weighted by Crippen LogP contribution is -2.50. The summed E-state index contributed by atoms with van der Waals surface area (Å²) in [4.78, 5) is 23.3. The maximum absolute atomic E-state index is 11.9.